The van der Waals surface area contributed by atoms with Gasteiger partial charge in [0, 0.05) is 6.08 Å². The summed E-state index contributed by atoms with van der Waals surface area (Å²) >= 11 is 0.549. The summed E-state index contributed by atoms with van der Waals surface area (Å²) in [4.78, 5) is 10.2. The molecule has 3 nitrogen and oxygen atoms in total. The molecule has 0 aliphatic carbocycles. The van der Waals surface area contributed by atoms with Gasteiger partial charge in [-0.2, -0.15) is 0 Å². The molecule has 0 amide bonds. The molecule has 0 bridgehead atoms. The number of carbonyl (C=O) groups is 1. The van der Waals surface area contributed by atoms with Gasteiger partial charge in [0.25, 0.3) is 0 Å². The van der Waals surface area contributed by atoms with Crippen molar-refractivity contribution in [1.29, 1.82) is 0 Å². The Kier molecular flexibility index (Phi) is 4.39. The van der Waals surface area contributed by atoms with Crippen molar-refractivity contribution in [3.05, 3.63) is 12.2 Å². The van der Waals surface area contributed by atoms with E-state index in [1.807, 2.05) is 0 Å². The highest BCUT2D eigenvalue weighted by Crippen LogP contribution is 1.90. The van der Waals surface area contributed by atoms with Crippen molar-refractivity contribution in [2.24, 2.45) is 5.14 Å². The first kappa shape index (κ1) is 7.52. The summed E-state index contributed by atoms with van der Waals surface area (Å²) in [5, 5.41) is 4.80. The van der Waals surface area contributed by atoms with E-state index in [-0.39, 0.29) is 0 Å². The monoisotopic (exact) mass is 133 g/mol. The fourth-order valence-electron chi connectivity index (χ4n) is 0.211. The number of hydrogen-bond donors (Lipinski definition) is 1. The molecular weight excluding hydrogens is 126 g/mol. The zero-order chi connectivity index (χ0) is 6.41. The predicted molar refractivity (Wildman–Crippen MR) is 32.7 cm³/mol. The molecule has 46 valence electrons. The lowest BCUT2D eigenvalue weighted by molar-refractivity contribution is -0.127. The van der Waals surface area contributed by atoms with Crippen LogP contribution >= 0.6 is 12.2 Å². The summed E-state index contributed by atoms with van der Waals surface area (Å²) in [6.45, 7) is 1.72. The third-order valence-corrected chi connectivity index (χ3v) is 0.693. The molecule has 8 heavy (non-hydrogen) atoms. The van der Waals surface area contributed by atoms with E-state index in [2.05, 4.69) is 4.18 Å². The van der Waals surface area contributed by atoms with Gasteiger partial charge in [-0.25, -0.2) is 9.93 Å². The van der Waals surface area contributed by atoms with Gasteiger partial charge >= 0.3 is 5.97 Å². The van der Waals surface area contributed by atoms with E-state index >= 15 is 0 Å². The number of rotatable bonds is 2. The zero-order valence-corrected chi connectivity index (χ0v) is 5.27. The zero-order valence-electron chi connectivity index (χ0n) is 4.46. The quantitative estimate of drug-likeness (QED) is 0.341. The lowest BCUT2D eigenvalue weighted by Gasteiger charge is -1.88. The first-order valence-electron chi connectivity index (χ1n) is 2.01. The minimum absolute atomic E-state index is 0.431. The molecule has 0 rings (SSSR count). The summed E-state index contributed by atoms with van der Waals surface area (Å²) in [6, 6.07) is 0. The maximum atomic E-state index is 10.2. The van der Waals surface area contributed by atoms with Gasteiger partial charge in [-0.3, -0.25) is 0 Å². The molecule has 0 heterocycles. The third kappa shape index (κ3) is 3.70. The van der Waals surface area contributed by atoms with Crippen molar-refractivity contribution in [1.82, 2.24) is 0 Å². The van der Waals surface area contributed by atoms with E-state index in [0.717, 1.165) is 0 Å². The fraction of sp³-hybridized carbons (Fsp3) is 0.250. The van der Waals surface area contributed by atoms with Crippen LogP contribution in [0.25, 0.3) is 0 Å². The van der Waals surface area contributed by atoms with Gasteiger partial charge in [-0.15, -0.1) is 0 Å². The van der Waals surface area contributed by atoms with Crippen LogP contribution in [0, 0.1) is 0 Å². The first-order chi connectivity index (χ1) is 3.81. The molecule has 0 aliphatic rings. The Morgan fingerprint density at radius 3 is 2.88 bits per heavy atom. The van der Waals surface area contributed by atoms with Gasteiger partial charge in [-0.05, 0) is 6.92 Å². The van der Waals surface area contributed by atoms with Gasteiger partial charge in [0.15, 0.2) is 0 Å². The van der Waals surface area contributed by atoms with Crippen molar-refractivity contribution >= 4 is 18.2 Å². The van der Waals surface area contributed by atoms with Crippen LogP contribution in [0.1, 0.15) is 6.92 Å². The van der Waals surface area contributed by atoms with Crippen LogP contribution in [0.4, 0.5) is 0 Å². The second-order valence-corrected chi connectivity index (χ2v) is 1.36. The summed E-state index contributed by atoms with van der Waals surface area (Å²) in [7, 11) is 0. The summed E-state index contributed by atoms with van der Waals surface area (Å²) < 4.78 is 4.25. The average Bonchev–Trinajstić information content (AvgIpc) is 1.68. The van der Waals surface area contributed by atoms with Crippen molar-refractivity contribution in [2.75, 3.05) is 0 Å². The molecule has 0 aliphatic heterocycles. The van der Waals surface area contributed by atoms with Crippen LogP contribution < -0.4 is 5.14 Å². The molecule has 0 aromatic rings. The highest BCUT2D eigenvalue weighted by atomic mass is 32.2. The van der Waals surface area contributed by atoms with Gasteiger partial charge < -0.3 is 4.18 Å². The van der Waals surface area contributed by atoms with Crippen LogP contribution in [-0.2, 0) is 8.98 Å². The predicted octanol–water partition coefficient (Wildman–Crippen LogP) is 0.628. The first-order valence-corrected chi connectivity index (χ1v) is 2.81. The number of hydrogen-bond acceptors (Lipinski definition) is 4. The number of carbonyl (C=O) groups excluding carboxylic acids is 1. The summed E-state index contributed by atoms with van der Waals surface area (Å²) in [5.74, 6) is -0.431. The second-order valence-electron chi connectivity index (χ2n) is 0.999. The van der Waals surface area contributed by atoms with E-state index in [1.54, 1.807) is 13.0 Å². The fourth-order valence-corrected chi connectivity index (χ4v) is 0.362. The van der Waals surface area contributed by atoms with Crippen molar-refractivity contribution < 1.29 is 8.98 Å². The van der Waals surface area contributed by atoms with Crippen molar-refractivity contribution in [3.8, 4) is 0 Å². The second kappa shape index (κ2) is 4.67. The SMILES string of the molecule is CC=CC(=O)OSN. The van der Waals surface area contributed by atoms with Gasteiger partial charge in [0.1, 0.15) is 12.2 Å². The van der Waals surface area contributed by atoms with E-state index in [0.29, 0.717) is 12.2 Å². The van der Waals surface area contributed by atoms with Crippen LogP contribution in [0.5, 0.6) is 0 Å². The minimum atomic E-state index is -0.431. The Hall–Kier alpha value is -0.480. The van der Waals surface area contributed by atoms with Crippen LogP contribution in [0.15, 0.2) is 12.2 Å². The van der Waals surface area contributed by atoms with Crippen LogP contribution in [0.2, 0.25) is 0 Å². The molecule has 0 radical (unpaired) electrons. The number of allylic oxidation sites excluding steroid dienone is 1. The lowest BCUT2D eigenvalue weighted by Crippen LogP contribution is -1.94. The van der Waals surface area contributed by atoms with E-state index in [1.165, 1.54) is 6.08 Å². The van der Waals surface area contributed by atoms with Gasteiger partial charge in [0.2, 0.25) is 0 Å². The Balaban J connectivity index is 3.33. The maximum Gasteiger partial charge on any atom is 0.343 e. The van der Waals surface area contributed by atoms with E-state index < -0.39 is 5.97 Å². The molecule has 0 saturated carbocycles. The summed E-state index contributed by atoms with van der Waals surface area (Å²) in [6.07, 6.45) is 2.87. The third-order valence-electron chi connectivity index (χ3n) is 0.433. The Morgan fingerprint density at radius 2 is 2.50 bits per heavy atom. The smallest absolute Gasteiger partial charge is 0.343 e. The molecule has 0 atom stereocenters. The normalized spacial score (nSPS) is 9.75. The largest absolute Gasteiger partial charge is 0.372 e. The Morgan fingerprint density at radius 1 is 1.88 bits per heavy atom. The molecule has 0 saturated heterocycles. The molecule has 0 aromatic heterocycles. The molecule has 4 heteroatoms. The van der Waals surface area contributed by atoms with Gasteiger partial charge in [0.05, 0.1) is 0 Å². The summed E-state index contributed by atoms with van der Waals surface area (Å²) in [5.41, 5.74) is 0. The van der Waals surface area contributed by atoms with E-state index in [9.17, 15) is 4.79 Å². The molecule has 2 N–H and O–H groups in total. The topological polar surface area (TPSA) is 52.3 Å². The highest BCUT2D eigenvalue weighted by molar-refractivity contribution is 7.92. The van der Waals surface area contributed by atoms with Crippen molar-refractivity contribution in [3.63, 3.8) is 0 Å². The average molecular weight is 133 g/mol. The van der Waals surface area contributed by atoms with Crippen LogP contribution in [0.3, 0.4) is 0 Å². The van der Waals surface area contributed by atoms with E-state index in [4.69, 9.17) is 5.14 Å². The van der Waals surface area contributed by atoms with Crippen molar-refractivity contribution in [2.45, 2.75) is 6.92 Å². The molecular formula is C4H7NO2S. The molecule has 0 aromatic carbocycles. The number of nitrogens with two attached hydrogens (primary N) is 1. The maximum absolute atomic E-state index is 10.2. The Bertz CT molecular complexity index is 102. The highest BCUT2D eigenvalue weighted by Gasteiger charge is 1.90. The molecule has 0 unspecified atom stereocenters. The standard InChI is InChI=1S/C4H7NO2S/c1-2-3-4(6)7-8-5/h2-3H,5H2,1H3. The lowest BCUT2D eigenvalue weighted by atomic mass is 10.5. The van der Waals surface area contributed by atoms with Gasteiger partial charge in [-0.1, -0.05) is 6.08 Å². The Labute approximate surface area is 52.2 Å². The minimum Gasteiger partial charge on any atom is -0.372 e. The molecule has 0 fully saturated rings. The molecule has 0 spiro atoms. The van der Waals surface area contributed by atoms with Crippen LogP contribution in [-0.4, -0.2) is 5.97 Å².